The second-order valence-corrected chi connectivity index (χ2v) is 27.3. The van der Waals surface area contributed by atoms with Crippen LogP contribution in [0.15, 0.2) is 121 Å². The van der Waals surface area contributed by atoms with Crippen LogP contribution < -0.4 is 34.7 Å². The van der Waals surface area contributed by atoms with Gasteiger partial charge < -0.3 is 34.3 Å². The third kappa shape index (κ3) is 26.2. The van der Waals surface area contributed by atoms with Crippen molar-refractivity contribution in [2.45, 2.75) is 209 Å². The summed E-state index contributed by atoms with van der Waals surface area (Å²) in [6.07, 6.45) is 22.1. The van der Waals surface area contributed by atoms with Crippen LogP contribution in [0.5, 0.6) is 0 Å². The number of esters is 3. The summed E-state index contributed by atoms with van der Waals surface area (Å²) in [5.41, 5.74) is 19.7. The summed E-state index contributed by atoms with van der Waals surface area (Å²) in [6.45, 7) is 17.5. The number of hydrogen-bond donors (Lipinski definition) is 2. The molecule has 15 heteroatoms. The number of halogens is 1. The van der Waals surface area contributed by atoms with E-state index >= 15 is 0 Å². The number of Topliss-reactive ketones (excluding diaryl/α,β-unsaturated/α-hetero) is 1. The summed E-state index contributed by atoms with van der Waals surface area (Å²) in [4.78, 5) is 79.3. The monoisotopic (exact) mass is 1390 g/mol. The molecule has 0 spiro atoms. The van der Waals surface area contributed by atoms with Crippen molar-refractivity contribution >= 4 is 53.2 Å². The van der Waals surface area contributed by atoms with E-state index in [4.69, 9.17) is 36.0 Å². The standard InChI is InChI=1S/C16H20O3.C16H22O2.2C14H18O2.C12H14O2.C10H10O2.C3H7Cl.Na/c1-3-5-15(17)12-7-6-11-8-14(10-13(11)9-12)16(18)19-4-2;1-3-5-6-12-7-8-13-10-15(11-14(13)9-12)16(17)18-4-2;2*1-2-3-4-10-5-6-11-8-13(14(15)16)9-12(11)7-10;1-2-14-12(13)11-7-9-5-3-4-6-10(9)8-11;11-10(12)9-5-7-3-1-2-4-8(7)6-9;1-2-3-4;/h6-7,9,14H,3-5,8,10H2,1-2H3;7-9,15H,3-6,10-11H2,1-2H3;2*5-7,13H,2-4,8-9H2,1H3,(H,15,16);3-6,11H,2,7-8H2,1H3;1-4,9H,5-6H2,(H,11,12);2-3H2,1H3;/q;;;;;;;+1/p-1. The van der Waals surface area contributed by atoms with E-state index in [1.54, 1.807) is 0 Å². The maximum Gasteiger partial charge on any atom is 1.00 e. The molecule has 100 heavy (non-hydrogen) atoms. The van der Waals surface area contributed by atoms with Gasteiger partial charge in [-0.05, 0) is 239 Å². The second-order valence-electron chi connectivity index (χ2n) is 26.9. The summed E-state index contributed by atoms with van der Waals surface area (Å²) in [5, 5.41) is 28.6. The van der Waals surface area contributed by atoms with Crippen molar-refractivity contribution in [3.05, 3.63) is 210 Å². The van der Waals surface area contributed by atoms with Crippen molar-refractivity contribution in [1.29, 1.82) is 0 Å². The molecule has 6 aliphatic carbocycles. The number of ketones is 1. The number of rotatable bonds is 22. The van der Waals surface area contributed by atoms with Crippen LogP contribution in [0, 0.1) is 35.5 Å². The molecule has 4 unspecified atom stereocenters. The zero-order valence-corrected chi connectivity index (χ0v) is 63.8. The second kappa shape index (κ2) is 44.5. The minimum absolute atomic E-state index is 0. The number of carbonyl (C=O) groups is 7. The van der Waals surface area contributed by atoms with Crippen molar-refractivity contribution in [2.24, 2.45) is 35.5 Å². The summed E-state index contributed by atoms with van der Waals surface area (Å²) in [7, 11) is 0. The summed E-state index contributed by atoms with van der Waals surface area (Å²) >= 11 is 5.19. The molecule has 13 nitrogen and oxygen atoms in total. The number of alkyl halides is 1. The third-order valence-corrected chi connectivity index (χ3v) is 19.6. The molecule has 534 valence electrons. The van der Waals surface area contributed by atoms with Gasteiger partial charge in [0, 0.05) is 29.8 Å². The van der Waals surface area contributed by atoms with E-state index in [2.05, 4.69) is 87.5 Å². The molecule has 0 radical (unpaired) electrons. The molecular weight excluding hydrogens is 1290 g/mol. The first-order valence-electron chi connectivity index (χ1n) is 36.6. The van der Waals surface area contributed by atoms with Gasteiger partial charge in [-0.1, -0.05) is 169 Å². The Kier molecular flexibility index (Phi) is 37.2. The number of carbonyl (C=O) groups excluding carboxylic acids is 5. The van der Waals surface area contributed by atoms with Gasteiger partial charge in [0.05, 0.1) is 49.4 Å². The molecule has 4 atom stereocenters. The Balaban J connectivity index is 0.000000214. The van der Waals surface area contributed by atoms with Crippen molar-refractivity contribution in [1.82, 2.24) is 0 Å². The van der Waals surface area contributed by atoms with E-state index in [1.807, 2.05) is 89.2 Å². The first-order valence-corrected chi connectivity index (χ1v) is 37.2. The number of unbranched alkanes of at least 4 members (excludes halogenated alkanes) is 3. The molecule has 12 rings (SSSR count). The van der Waals surface area contributed by atoms with E-state index in [-0.39, 0.29) is 88.8 Å². The van der Waals surface area contributed by atoms with E-state index in [0.717, 1.165) is 81.2 Å². The summed E-state index contributed by atoms with van der Waals surface area (Å²) in [5.74, 6) is -2.17. The van der Waals surface area contributed by atoms with Crippen LogP contribution in [-0.2, 0) is 139 Å². The Morgan fingerprint density at radius 1 is 0.370 bits per heavy atom. The number of fused-ring (bicyclic) bond motifs is 6. The molecule has 0 amide bonds. The van der Waals surface area contributed by atoms with Crippen molar-refractivity contribution in [3.63, 3.8) is 0 Å². The predicted octanol–water partition coefficient (Wildman–Crippen LogP) is 12.7. The Morgan fingerprint density at radius 2 is 0.640 bits per heavy atom. The fraction of sp³-hybridized carbons (Fsp3) is 0.494. The van der Waals surface area contributed by atoms with Crippen LogP contribution in [0.3, 0.4) is 0 Å². The van der Waals surface area contributed by atoms with Gasteiger partial charge in [0.25, 0.3) is 0 Å². The molecule has 0 bridgehead atoms. The van der Waals surface area contributed by atoms with Crippen molar-refractivity contribution < 1.29 is 92.6 Å². The number of aryl methyl sites for hydroxylation is 3. The Bertz CT molecular complexity index is 3480. The topological polar surface area (TPSA) is 211 Å². The molecule has 0 heterocycles. The quantitative estimate of drug-likeness (QED) is 0.0213. The zero-order valence-electron chi connectivity index (χ0n) is 61.1. The largest absolute Gasteiger partial charge is 1.00 e. The van der Waals surface area contributed by atoms with Crippen molar-refractivity contribution in [3.8, 4) is 0 Å². The molecule has 0 aromatic heterocycles. The average Bonchev–Trinajstić information content (AvgIpc) is 1.75. The molecular formula is C85H108ClNaO13. The molecule has 2 N–H and O–H groups in total. The van der Waals surface area contributed by atoms with Crippen molar-refractivity contribution in [2.75, 3.05) is 25.7 Å². The van der Waals surface area contributed by atoms with Gasteiger partial charge in [-0.25, -0.2) is 0 Å². The third-order valence-electron chi connectivity index (χ3n) is 19.2. The number of aliphatic carboxylic acids is 3. The van der Waals surface area contributed by atoms with E-state index < -0.39 is 17.9 Å². The Labute approximate surface area is 622 Å². The van der Waals surface area contributed by atoms with Gasteiger partial charge in [0.1, 0.15) is 0 Å². The average molecular weight is 1400 g/mol. The van der Waals surface area contributed by atoms with Crippen LogP contribution in [-0.4, -0.2) is 77.5 Å². The smallest absolute Gasteiger partial charge is 0.550 e. The fourth-order valence-corrected chi connectivity index (χ4v) is 13.7. The van der Waals surface area contributed by atoms with Crippen LogP contribution in [0.1, 0.15) is 207 Å². The number of carboxylic acid groups (broad SMARTS) is 3. The summed E-state index contributed by atoms with van der Waals surface area (Å²) in [6, 6.07) is 41.5. The molecule has 0 saturated heterocycles. The first kappa shape index (κ1) is 83.8. The van der Waals surface area contributed by atoms with Crippen LogP contribution in [0.25, 0.3) is 0 Å². The molecule has 6 aromatic carbocycles. The SMILES string of the molecule is CCCC(=O)c1ccc2c(c1)CC(C(=O)OCC)C2.CCCCc1ccc2c(c1)CC(C(=O)O)C2.CCCCc1ccc2c(c1)CC(C(=O)OCC)C2.CCCCc1ccc2c(c1)CC(C(=O)[O-])C2.CCCCl.CCOC(=O)C1Cc2ccccc2C1.O=C(O)C1Cc2ccccc2C1.[Na+]. The van der Waals surface area contributed by atoms with Gasteiger partial charge in [0.15, 0.2) is 5.78 Å². The molecule has 0 aliphatic heterocycles. The molecule has 0 saturated carbocycles. The van der Waals surface area contributed by atoms with E-state index in [0.29, 0.717) is 71.2 Å². The maximum absolute atomic E-state index is 11.9. The van der Waals surface area contributed by atoms with E-state index in [1.165, 1.54) is 116 Å². The number of carboxylic acids is 3. The van der Waals surface area contributed by atoms with Gasteiger partial charge >= 0.3 is 59.4 Å². The Morgan fingerprint density at radius 3 is 0.930 bits per heavy atom. The summed E-state index contributed by atoms with van der Waals surface area (Å²) < 4.78 is 15.2. The number of hydrogen-bond acceptors (Lipinski definition) is 11. The number of ether oxygens (including phenoxy) is 3. The van der Waals surface area contributed by atoms with E-state index in [9.17, 15) is 38.7 Å². The van der Waals surface area contributed by atoms with Gasteiger partial charge in [0.2, 0.25) is 0 Å². The molecule has 6 aromatic rings. The molecule has 6 aliphatic rings. The van der Waals surface area contributed by atoms with Gasteiger partial charge in [-0.15, -0.1) is 11.6 Å². The van der Waals surface area contributed by atoms with Gasteiger partial charge in [-0.3, -0.25) is 28.8 Å². The van der Waals surface area contributed by atoms with Crippen LogP contribution in [0.4, 0.5) is 0 Å². The number of benzene rings is 6. The van der Waals surface area contributed by atoms with Crippen LogP contribution in [0.2, 0.25) is 0 Å². The van der Waals surface area contributed by atoms with Gasteiger partial charge in [-0.2, -0.15) is 0 Å². The normalized spacial score (nSPS) is 16.6. The first-order chi connectivity index (χ1) is 47.8. The predicted molar refractivity (Wildman–Crippen MR) is 390 cm³/mol. The fourth-order valence-electron chi connectivity index (χ4n) is 13.7. The van der Waals surface area contributed by atoms with Crippen LogP contribution >= 0.6 is 11.6 Å². The minimum Gasteiger partial charge on any atom is -0.550 e. The zero-order chi connectivity index (χ0) is 71.8. The maximum atomic E-state index is 11.9. The molecule has 0 fully saturated rings. The minimum atomic E-state index is -0.911. The Hall–Kier alpha value is -6.90.